The summed E-state index contributed by atoms with van der Waals surface area (Å²) in [5.74, 6) is 0.521. The molecule has 0 saturated carbocycles. The predicted octanol–water partition coefficient (Wildman–Crippen LogP) is 5.46. The van der Waals surface area contributed by atoms with Crippen LogP contribution in [0.2, 0.25) is 0 Å². The van der Waals surface area contributed by atoms with E-state index >= 15 is 0 Å². The van der Waals surface area contributed by atoms with Gasteiger partial charge in [0.2, 0.25) is 0 Å². The smallest absolute Gasteiger partial charge is 0.270 e. The van der Waals surface area contributed by atoms with E-state index in [-0.39, 0.29) is 17.4 Å². The van der Waals surface area contributed by atoms with E-state index in [2.05, 4.69) is 0 Å². The van der Waals surface area contributed by atoms with E-state index in [0.29, 0.717) is 37.6 Å². The van der Waals surface area contributed by atoms with Gasteiger partial charge in [-0.05, 0) is 43.3 Å². The van der Waals surface area contributed by atoms with Crippen LogP contribution in [0, 0.1) is 10.1 Å². The summed E-state index contributed by atoms with van der Waals surface area (Å²) < 4.78 is 6.14. The first kappa shape index (κ1) is 20.7. The fraction of sp³-hybridized carbons (Fsp3) is 0.0455. The minimum atomic E-state index is -0.471. The van der Waals surface area contributed by atoms with Crippen LogP contribution in [0.5, 0.6) is 0 Å². The zero-order valence-corrected chi connectivity index (χ0v) is 17.7. The topological polar surface area (TPSA) is 93.7 Å². The number of carbonyl (C=O) groups is 2. The molecule has 9 heteroatoms. The molecule has 1 aliphatic heterocycles. The van der Waals surface area contributed by atoms with Gasteiger partial charge in [-0.2, -0.15) is 0 Å². The summed E-state index contributed by atoms with van der Waals surface area (Å²) in [5.41, 5.74) is 1.65. The zero-order chi connectivity index (χ0) is 22.1. The molecule has 0 aliphatic carbocycles. The molecule has 0 unspecified atom stereocenters. The van der Waals surface area contributed by atoms with Crippen LogP contribution in [0.25, 0.3) is 17.4 Å². The number of thioether (sulfide) groups is 1. The number of rotatable bonds is 5. The van der Waals surface area contributed by atoms with Crippen molar-refractivity contribution in [2.75, 3.05) is 4.90 Å². The van der Waals surface area contributed by atoms with Crippen molar-refractivity contribution in [1.29, 1.82) is 0 Å². The largest absolute Gasteiger partial charge is 0.457 e. The number of furan rings is 1. The Balaban J connectivity index is 1.58. The van der Waals surface area contributed by atoms with Crippen LogP contribution in [-0.4, -0.2) is 20.9 Å². The lowest BCUT2D eigenvalue weighted by atomic mass is 10.1. The molecule has 3 aromatic rings. The van der Waals surface area contributed by atoms with Gasteiger partial charge in [0.1, 0.15) is 11.5 Å². The van der Waals surface area contributed by atoms with E-state index in [9.17, 15) is 19.7 Å². The molecule has 1 aliphatic rings. The quantitative estimate of drug-likeness (QED) is 0.167. The van der Waals surface area contributed by atoms with Crippen molar-refractivity contribution in [2.24, 2.45) is 0 Å². The Morgan fingerprint density at radius 1 is 1.16 bits per heavy atom. The summed E-state index contributed by atoms with van der Waals surface area (Å²) in [6.45, 7) is 1.47. The standard InChI is InChI=1S/C22H14N2O5S2/c1-13(25)14-5-7-16(8-6-14)23-21(26)20(31-22(23)30)12-18-9-10-19(29-18)15-3-2-4-17(11-15)24(27)28/h2-12H,1H3/b20-12+. The Hall–Kier alpha value is -3.56. The van der Waals surface area contributed by atoms with Gasteiger partial charge in [0.05, 0.1) is 15.5 Å². The number of ketones is 1. The third-order valence-corrected chi connectivity index (χ3v) is 5.87. The van der Waals surface area contributed by atoms with Crippen LogP contribution >= 0.6 is 24.0 Å². The van der Waals surface area contributed by atoms with Gasteiger partial charge in [-0.3, -0.25) is 24.6 Å². The average molecular weight is 450 g/mol. The predicted molar refractivity (Wildman–Crippen MR) is 123 cm³/mol. The van der Waals surface area contributed by atoms with Crippen molar-refractivity contribution in [3.63, 3.8) is 0 Å². The molecule has 154 valence electrons. The molecule has 0 radical (unpaired) electrons. The molecule has 7 nitrogen and oxygen atoms in total. The highest BCUT2D eigenvalue weighted by molar-refractivity contribution is 8.27. The molecule has 0 spiro atoms. The Bertz CT molecular complexity index is 1260. The van der Waals surface area contributed by atoms with Crippen LogP contribution in [0.3, 0.4) is 0 Å². The van der Waals surface area contributed by atoms with E-state index in [1.54, 1.807) is 54.6 Å². The number of nitro benzene ring substituents is 1. The highest BCUT2D eigenvalue weighted by Crippen LogP contribution is 2.37. The summed E-state index contributed by atoms with van der Waals surface area (Å²) >= 11 is 6.51. The first-order chi connectivity index (χ1) is 14.8. The number of carbonyl (C=O) groups excluding carboxylic acids is 2. The summed E-state index contributed by atoms with van der Waals surface area (Å²) in [6, 6.07) is 16.1. The summed E-state index contributed by atoms with van der Waals surface area (Å²) in [4.78, 5) is 36.7. The minimum Gasteiger partial charge on any atom is -0.457 e. The molecular formula is C22H14N2O5S2. The SMILES string of the molecule is CC(=O)c1ccc(N2C(=O)/C(=C\c3ccc(-c4cccc([N+](=O)[O-])c4)o3)SC2=S)cc1. The average Bonchev–Trinajstić information content (AvgIpc) is 3.33. The second-order valence-electron chi connectivity index (χ2n) is 6.63. The lowest BCUT2D eigenvalue weighted by Crippen LogP contribution is -2.27. The molecule has 1 amide bonds. The number of anilines is 1. The Labute approximate surface area is 186 Å². The van der Waals surface area contributed by atoms with Crippen LogP contribution in [0.1, 0.15) is 23.0 Å². The van der Waals surface area contributed by atoms with Gasteiger partial charge in [0.15, 0.2) is 10.1 Å². The molecule has 0 atom stereocenters. The summed E-state index contributed by atoms with van der Waals surface area (Å²) in [6.07, 6.45) is 1.59. The first-order valence-electron chi connectivity index (χ1n) is 9.07. The normalized spacial score (nSPS) is 15.0. The molecule has 31 heavy (non-hydrogen) atoms. The molecule has 1 fully saturated rings. The van der Waals surface area contributed by atoms with Crippen molar-refractivity contribution < 1.29 is 18.9 Å². The number of non-ortho nitro benzene ring substituents is 1. The number of benzene rings is 2. The second-order valence-corrected chi connectivity index (χ2v) is 8.31. The number of thiocarbonyl (C=S) groups is 1. The fourth-order valence-electron chi connectivity index (χ4n) is 3.02. The van der Waals surface area contributed by atoms with Crippen molar-refractivity contribution >= 4 is 57.4 Å². The number of Topliss-reactive ketones (excluding diaryl/α,β-unsaturated/α-hetero) is 1. The van der Waals surface area contributed by atoms with Gasteiger partial charge in [0, 0.05) is 29.3 Å². The second kappa shape index (κ2) is 8.29. The summed E-state index contributed by atoms with van der Waals surface area (Å²) in [7, 11) is 0. The molecule has 0 bridgehead atoms. The molecule has 0 N–H and O–H groups in total. The van der Waals surface area contributed by atoms with Gasteiger partial charge in [-0.25, -0.2) is 0 Å². The van der Waals surface area contributed by atoms with E-state index < -0.39 is 4.92 Å². The number of hydrogen-bond donors (Lipinski definition) is 0. The van der Waals surface area contributed by atoms with Gasteiger partial charge >= 0.3 is 0 Å². The lowest BCUT2D eigenvalue weighted by Gasteiger charge is -2.14. The van der Waals surface area contributed by atoms with Gasteiger partial charge in [-0.1, -0.05) is 36.1 Å². The van der Waals surface area contributed by atoms with Crippen LogP contribution in [0.4, 0.5) is 11.4 Å². The Morgan fingerprint density at radius 3 is 2.58 bits per heavy atom. The third kappa shape index (κ3) is 4.18. The molecular weight excluding hydrogens is 436 g/mol. The van der Waals surface area contributed by atoms with Crippen molar-refractivity contribution in [3.05, 3.63) is 87.0 Å². The van der Waals surface area contributed by atoms with Crippen LogP contribution < -0.4 is 4.90 Å². The van der Waals surface area contributed by atoms with E-state index in [0.717, 1.165) is 11.8 Å². The Morgan fingerprint density at radius 2 is 1.90 bits per heavy atom. The number of amides is 1. The van der Waals surface area contributed by atoms with Crippen LogP contribution in [0.15, 0.2) is 70.0 Å². The minimum absolute atomic E-state index is 0.0351. The maximum atomic E-state index is 12.9. The first-order valence-corrected chi connectivity index (χ1v) is 10.3. The van der Waals surface area contributed by atoms with Gasteiger partial charge < -0.3 is 4.42 Å². The van der Waals surface area contributed by atoms with Crippen molar-refractivity contribution in [2.45, 2.75) is 6.92 Å². The highest BCUT2D eigenvalue weighted by Gasteiger charge is 2.33. The number of hydrogen-bond acceptors (Lipinski definition) is 7. The van der Waals surface area contributed by atoms with E-state index in [1.165, 1.54) is 24.0 Å². The van der Waals surface area contributed by atoms with Crippen molar-refractivity contribution in [3.8, 4) is 11.3 Å². The zero-order valence-electron chi connectivity index (χ0n) is 16.1. The van der Waals surface area contributed by atoms with E-state index in [4.69, 9.17) is 16.6 Å². The fourth-order valence-corrected chi connectivity index (χ4v) is 4.30. The van der Waals surface area contributed by atoms with Crippen molar-refractivity contribution in [1.82, 2.24) is 0 Å². The maximum absolute atomic E-state index is 12.9. The molecule has 4 rings (SSSR count). The summed E-state index contributed by atoms with van der Waals surface area (Å²) in [5, 5.41) is 11.0. The molecule has 2 heterocycles. The molecule has 2 aromatic carbocycles. The number of nitrogens with zero attached hydrogens (tertiary/aromatic N) is 2. The Kier molecular flexibility index (Phi) is 5.53. The highest BCUT2D eigenvalue weighted by atomic mass is 32.2. The van der Waals surface area contributed by atoms with Gasteiger partial charge in [-0.15, -0.1) is 0 Å². The van der Waals surface area contributed by atoms with E-state index in [1.807, 2.05) is 0 Å². The molecule has 1 aromatic heterocycles. The number of nitro groups is 1. The van der Waals surface area contributed by atoms with Crippen LogP contribution in [-0.2, 0) is 4.79 Å². The van der Waals surface area contributed by atoms with Gasteiger partial charge in [0.25, 0.3) is 11.6 Å². The maximum Gasteiger partial charge on any atom is 0.270 e. The third-order valence-electron chi connectivity index (χ3n) is 4.57. The lowest BCUT2D eigenvalue weighted by molar-refractivity contribution is -0.384. The molecule has 1 saturated heterocycles. The monoisotopic (exact) mass is 450 g/mol.